The van der Waals surface area contributed by atoms with E-state index in [9.17, 15) is 9.59 Å². The van der Waals surface area contributed by atoms with Gasteiger partial charge in [-0.2, -0.15) is 0 Å². The van der Waals surface area contributed by atoms with Crippen LogP contribution in [0.25, 0.3) is 0 Å². The summed E-state index contributed by atoms with van der Waals surface area (Å²) in [5.41, 5.74) is 0.144. The Kier molecular flexibility index (Phi) is 8.00. The van der Waals surface area contributed by atoms with Gasteiger partial charge in [-0.1, -0.05) is 30.3 Å². The molecular formula is C15H18O4S2. The Hall–Kier alpha value is -1.40. The second kappa shape index (κ2) is 9.52. The summed E-state index contributed by atoms with van der Waals surface area (Å²) in [5.74, 6) is -0.394. The van der Waals surface area contributed by atoms with Crippen LogP contribution in [0.4, 0.5) is 0 Å². The second-order valence-electron chi connectivity index (χ2n) is 4.17. The molecule has 114 valence electrons. The Morgan fingerprint density at radius 2 is 1.95 bits per heavy atom. The molecule has 0 radical (unpaired) electrons. The summed E-state index contributed by atoms with van der Waals surface area (Å²) >= 11 is 6.17. The van der Waals surface area contributed by atoms with Crippen LogP contribution in [0.5, 0.6) is 0 Å². The number of esters is 1. The van der Waals surface area contributed by atoms with Gasteiger partial charge in [-0.3, -0.25) is 9.59 Å². The molecule has 0 saturated heterocycles. The minimum Gasteiger partial charge on any atom is -0.479 e. The average molecular weight is 326 g/mol. The number of rotatable bonds is 7. The number of ketones is 1. The third-order valence-electron chi connectivity index (χ3n) is 2.49. The highest BCUT2D eigenvalue weighted by Gasteiger charge is 2.18. The first kappa shape index (κ1) is 17.7. The highest BCUT2D eigenvalue weighted by Crippen LogP contribution is 2.22. The zero-order valence-corrected chi connectivity index (χ0v) is 13.7. The van der Waals surface area contributed by atoms with Gasteiger partial charge in [0.15, 0.2) is 11.2 Å². The molecule has 0 saturated carbocycles. The maximum absolute atomic E-state index is 12.0. The molecule has 0 aliphatic rings. The van der Waals surface area contributed by atoms with Crippen molar-refractivity contribution in [1.82, 2.24) is 0 Å². The van der Waals surface area contributed by atoms with Crippen LogP contribution in [0.2, 0.25) is 0 Å². The number of hydrogen-bond donors (Lipinski definition) is 0. The normalized spacial score (nSPS) is 11.5. The molecule has 0 heterocycles. The predicted molar refractivity (Wildman–Crippen MR) is 87.4 cm³/mol. The van der Waals surface area contributed by atoms with E-state index >= 15 is 0 Å². The first-order chi connectivity index (χ1) is 10.0. The molecule has 0 aromatic heterocycles. The number of Topliss-reactive ketones (excluding diaryl/α,β-unsaturated/α-hetero) is 1. The molecule has 0 fully saturated rings. The summed E-state index contributed by atoms with van der Waals surface area (Å²) in [4.78, 5) is 23.1. The van der Waals surface area contributed by atoms with Gasteiger partial charge in [0.2, 0.25) is 4.38 Å². The number of thiocarbonyl (C=S) groups is 1. The lowest BCUT2D eigenvalue weighted by molar-refractivity contribution is -0.142. The SMILES string of the molecule is CCOC(=S)SC(CCC(=O)c1ccccc1)OC(C)=O. The van der Waals surface area contributed by atoms with Crippen molar-refractivity contribution in [2.75, 3.05) is 6.61 Å². The van der Waals surface area contributed by atoms with Gasteiger partial charge < -0.3 is 9.47 Å². The molecular weight excluding hydrogens is 308 g/mol. The molecule has 0 spiro atoms. The monoisotopic (exact) mass is 326 g/mol. The van der Waals surface area contributed by atoms with Crippen LogP contribution >= 0.6 is 24.0 Å². The van der Waals surface area contributed by atoms with Crippen LogP contribution in [0.1, 0.15) is 37.0 Å². The third kappa shape index (κ3) is 7.24. The topological polar surface area (TPSA) is 52.6 Å². The van der Waals surface area contributed by atoms with Gasteiger partial charge >= 0.3 is 5.97 Å². The summed E-state index contributed by atoms with van der Waals surface area (Å²) < 4.78 is 10.6. The Bertz CT molecular complexity index is 488. The maximum atomic E-state index is 12.0. The Balaban J connectivity index is 2.54. The van der Waals surface area contributed by atoms with E-state index in [4.69, 9.17) is 21.7 Å². The minimum atomic E-state index is -0.505. The predicted octanol–water partition coefficient (Wildman–Crippen LogP) is 3.59. The van der Waals surface area contributed by atoms with Crippen LogP contribution < -0.4 is 0 Å². The van der Waals surface area contributed by atoms with E-state index in [0.29, 0.717) is 23.0 Å². The van der Waals surface area contributed by atoms with Crippen molar-refractivity contribution in [1.29, 1.82) is 0 Å². The molecule has 0 N–H and O–H groups in total. The average Bonchev–Trinajstić information content (AvgIpc) is 2.45. The lowest BCUT2D eigenvalue weighted by Gasteiger charge is -2.16. The summed E-state index contributed by atoms with van der Waals surface area (Å²) in [6, 6.07) is 9.02. The van der Waals surface area contributed by atoms with Crippen LogP contribution in [0.15, 0.2) is 30.3 Å². The van der Waals surface area contributed by atoms with Crippen molar-refractivity contribution in [3.05, 3.63) is 35.9 Å². The molecule has 0 aliphatic heterocycles. The van der Waals surface area contributed by atoms with E-state index in [1.807, 2.05) is 25.1 Å². The van der Waals surface area contributed by atoms with E-state index in [1.54, 1.807) is 12.1 Å². The minimum absolute atomic E-state index is 0.00989. The van der Waals surface area contributed by atoms with Crippen LogP contribution in [-0.4, -0.2) is 28.2 Å². The van der Waals surface area contributed by atoms with Crippen molar-refractivity contribution in [2.45, 2.75) is 32.1 Å². The number of thioether (sulfide) groups is 1. The molecule has 21 heavy (non-hydrogen) atoms. The first-order valence-corrected chi connectivity index (χ1v) is 7.90. The zero-order valence-electron chi connectivity index (χ0n) is 12.0. The van der Waals surface area contributed by atoms with Crippen molar-refractivity contribution in [3.63, 3.8) is 0 Å². The summed E-state index contributed by atoms with van der Waals surface area (Å²) in [5, 5.41) is 0. The molecule has 0 amide bonds. The van der Waals surface area contributed by atoms with Crippen LogP contribution in [0, 0.1) is 0 Å². The molecule has 1 rings (SSSR count). The van der Waals surface area contributed by atoms with Crippen molar-refractivity contribution in [3.8, 4) is 0 Å². The Morgan fingerprint density at radius 3 is 2.52 bits per heavy atom. The second-order valence-corrected chi connectivity index (χ2v) is 5.93. The first-order valence-electron chi connectivity index (χ1n) is 6.61. The summed E-state index contributed by atoms with van der Waals surface area (Å²) in [7, 11) is 0. The number of ether oxygens (including phenoxy) is 2. The lowest BCUT2D eigenvalue weighted by atomic mass is 10.1. The number of carbonyl (C=O) groups excluding carboxylic acids is 2. The summed E-state index contributed by atoms with van der Waals surface area (Å²) in [6.45, 7) is 3.62. The van der Waals surface area contributed by atoms with Crippen molar-refractivity contribution >= 4 is 40.1 Å². The zero-order chi connectivity index (χ0) is 15.7. The highest BCUT2D eigenvalue weighted by atomic mass is 32.2. The highest BCUT2D eigenvalue weighted by molar-refractivity contribution is 8.22. The molecule has 4 nitrogen and oxygen atoms in total. The van der Waals surface area contributed by atoms with Gasteiger partial charge in [-0.05, 0) is 30.9 Å². The molecule has 1 aromatic rings. The smallest absolute Gasteiger partial charge is 0.303 e. The molecule has 0 aliphatic carbocycles. The fourth-order valence-corrected chi connectivity index (χ4v) is 2.86. The third-order valence-corrected chi connectivity index (χ3v) is 3.80. The van der Waals surface area contributed by atoms with E-state index < -0.39 is 11.4 Å². The Labute approximate surface area is 134 Å². The van der Waals surface area contributed by atoms with Gasteiger partial charge in [0.1, 0.15) is 0 Å². The molecule has 1 aromatic carbocycles. The molecule has 1 unspecified atom stereocenters. The van der Waals surface area contributed by atoms with Gasteiger partial charge in [-0.15, -0.1) is 0 Å². The van der Waals surface area contributed by atoms with Crippen LogP contribution in [-0.2, 0) is 14.3 Å². The quantitative estimate of drug-likeness (QED) is 0.330. The van der Waals surface area contributed by atoms with Gasteiger partial charge in [0, 0.05) is 25.3 Å². The van der Waals surface area contributed by atoms with Gasteiger partial charge in [-0.25, -0.2) is 0 Å². The standard InChI is InChI=1S/C15H18O4S2/c1-3-18-15(20)21-14(19-11(2)16)10-9-13(17)12-7-5-4-6-8-12/h4-8,14H,3,9-10H2,1-2H3. The summed E-state index contributed by atoms with van der Waals surface area (Å²) in [6.07, 6.45) is 0.675. The van der Waals surface area contributed by atoms with Crippen molar-refractivity contribution < 1.29 is 19.1 Å². The van der Waals surface area contributed by atoms with Gasteiger partial charge in [0.05, 0.1) is 6.61 Å². The van der Waals surface area contributed by atoms with Crippen molar-refractivity contribution in [2.24, 2.45) is 0 Å². The Morgan fingerprint density at radius 1 is 1.29 bits per heavy atom. The fraction of sp³-hybridized carbons (Fsp3) is 0.400. The van der Waals surface area contributed by atoms with E-state index in [0.717, 1.165) is 11.8 Å². The van der Waals surface area contributed by atoms with Crippen LogP contribution in [0.3, 0.4) is 0 Å². The maximum Gasteiger partial charge on any atom is 0.303 e. The largest absolute Gasteiger partial charge is 0.479 e. The van der Waals surface area contributed by atoms with Gasteiger partial charge in [0.25, 0.3) is 0 Å². The number of benzene rings is 1. The molecule has 1 atom stereocenters. The fourth-order valence-electron chi connectivity index (χ4n) is 1.60. The molecule has 0 bridgehead atoms. The lowest BCUT2D eigenvalue weighted by Crippen LogP contribution is -2.17. The van der Waals surface area contributed by atoms with E-state index in [-0.39, 0.29) is 12.2 Å². The van der Waals surface area contributed by atoms with E-state index in [1.165, 1.54) is 6.92 Å². The number of carbonyl (C=O) groups is 2. The number of hydrogen-bond acceptors (Lipinski definition) is 6. The van der Waals surface area contributed by atoms with E-state index in [2.05, 4.69) is 0 Å². The molecule has 6 heteroatoms.